The molecule has 0 radical (unpaired) electrons. The topological polar surface area (TPSA) is 75.2 Å². The lowest BCUT2D eigenvalue weighted by Crippen LogP contribution is -2.36. The minimum atomic E-state index is 0.492. The molecule has 2 aromatic rings. The van der Waals surface area contributed by atoms with E-state index in [-0.39, 0.29) is 0 Å². The fourth-order valence-electron chi connectivity index (χ4n) is 2.47. The van der Waals surface area contributed by atoms with Crippen molar-refractivity contribution in [3.8, 4) is 0 Å². The highest BCUT2D eigenvalue weighted by Crippen LogP contribution is 2.28. The summed E-state index contributed by atoms with van der Waals surface area (Å²) in [6.07, 6.45) is 2.67. The van der Waals surface area contributed by atoms with Crippen LogP contribution in [0.15, 0.2) is 30.5 Å². The molecule has 1 aromatic heterocycles. The number of aromatic nitrogens is 3. The van der Waals surface area contributed by atoms with Gasteiger partial charge >= 0.3 is 0 Å². The predicted octanol–water partition coefficient (Wildman–Crippen LogP) is 2.27. The Morgan fingerprint density at radius 2 is 2.04 bits per heavy atom. The van der Waals surface area contributed by atoms with E-state index in [1.807, 2.05) is 18.2 Å². The molecule has 0 aliphatic carbocycles. The molecule has 122 valence electrons. The van der Waals surface area contributed by atoms with E-state index in [0.717, 1.165) is 56.5 Å². The summed E-state index contributed by atoms with van der Waals surface area (Å²) in [6, 6.07) is 8.16. The van der Waals surface area contributed by atoms with Gasteiger partial charge in [0.1, 0.15) is 0 Å². The number of anilines is 4. The Morgan fingerprint density at radius 3 is 2.87 bits per heavy atom. The van der Waals surface area contributed by atoms with Gasteiger partial charge in [-0.3, -0.25) is 0 Å². The van der Waals surface area contributed by atoms with Crippen LogP contribution in [0.5, 0.6) is 0 Å². The molecule has 1 aromatic carbocycles. The largest absolute Gasteiger partial charge is 0.378 e. The minimum Gasteiger partial charge on any atom is -0.378 e. The second kappa shape index (κ2) is 7.73. The molecule has 0 atom stereocenters. The second-order valence-electron chi connectivity index (χ2n) is 5.33. The fraction of sp³-hybridized carbons (Fsp3) is 0.438. The highest BCUT2D eigenvalue weighted by Gasteiger charge is 2.15. The van der Waals surface area contributed by atoms with E-state index >= 15 is 0 Å². The minimum absolute atomic E-state index is 0.492. The average Bonchev–Trinajstić information content (AvgIpc) is 2.61. The maximum Gasteiger partial charge on any atom is 0.249 e. The molecular weight excluding hydrogens is 292 g/mol. The molecule has 0 amide bonds. The monoisotopic (exact) mass is 314 g/mol. The summed E-state index contributed by atoms with van der Waals surface area (Å²) in [7, 11) is 0. The molecule has 1 saturated heterocycles. The van der Waals surface area contributed by atoms with Crippen molar-refractivity contribution in [2.75, 3.05) is 48.4 Å². The smallest absolute Gasteiger partial charge is 0.249 e. The van der Waals surface area contributed by atoms with Crippen molar-refractivity contribution < 1.29 is 4.74 Å². The van der Waals surface area contributed by atoms with Crippen LogP contribution in [0.4, 0.5) is 23.1 Å². The van der Waals surface area contributed by atoms with Crippen LogP contribution in [0, 0.1) is 0 Å². The quantitative estimate of drug-likeness (QED) is 0.847. The number of hydrogen-bond acceptors (Lipinski definition) is 7. The van der Waals surface area contributed by atoms with Gasteiger partial charge in [0, 0.05) is 19.6 Å². The van der Waals surface area contributed by atoms with Crippen molar-refractivity contribution >= 4 is 23.1 Å². The molecular formula is C16H22N6O. The van der Waals surface area contributed by atoms with Crippen LogP contribution in [0.2, 0.25) is 0 Å². The van der Waals surface area contributed by atoms with Crippen molar-refractivity contribution in [3.63, 3.8) is 0 Å². The average molecular weight is 314 g/mol. The molecule has 0 spiro atoms. The van der Waals surface area contributed by atoms with E-state index in [1.165, 1.54) is 0 Å². The maximum atomic E-state index is 5.43. The molecule has 1 aliphatic rings. The first-order valence-electron chi connectivity index (χ1n) is 7.99. The molecule has 2 heterocycles. The zero-order valence-electron chi connectivity index (χ0n) is 13.3. The van der Waals surface area contributed by atoms with Gasteiger partial charge in [0.05, 0.1) is 30.8 Å². The molecule has 0 unspecified atom stereocenters. The Balaban J connectivity index is 1.77. The zero-order valence-corrected chi connectivity index (χ0v) is 13.3. The van der Waals surface area contributed by atoms with Crippen LogP contribution in [-0.2, 0) is 4.74 Å². The Hall–Kier alpha value is -2.41. The Bertz CT molecular complexity index is 629. The number of benzene rings is 1. The summed E-state index contributed by atoms with van der Waals surface area (Å²) in [6.45, 7) is 6.25. The van der Waals surface area contributed by atoms with Gasteiger partial charge in [0.15, 0.2) is 5.82 Å². The van der Waals surface area contributed by atoms with E-state index in [4.69, 9.17) is 4.74 Å². The molecule has 23 heavy (non-hydrogen) atoms. The Labute approximate surface area is 136 Å². The third kappa shape index (κ3) is 4.07. The normalized spacial score (nSPS) is 14.6. The van der Waals surface area contributed by atoms with E-state index in [9.17, 15) is 0 Å². The van der Waals surface area contributed by atoms with Gasteiger partial charge in [0.2, 0.25) is 5.95 Å². The molecule has 0 bridgehead atoms. The van der Waals surface area contributed by atoms with Gasteiger partial charge in [-0.15, -0.1) is 5.10 Å². The van der Waals surface area contributed by atoms with E-state index in [0.29, 0.717) is 5.95 Å². The molecule has 1 fully saturated rings. The van der Waals surface area contributed by atoms with Crippen molar-refractivity contribution in [1.82, 2.24) is 15.2 Å². The molecule has 2 N–H and O–H groups in total. The number of rotatable bonds is 6. The van der Waals surface area contributed by atoms with Gasteiger partial charge in [-0.2, -0.15) is 10.1 Å². The van der Waals surface area contributed by atoms with Crippen molar-refractivity contribution in [1.29, 1.82) is 0 Å². The standard InChI is InChI=1S/C16H22N6O/c1-2-7-17-15-12-18-21-16(20-15)19-13-5-3-4-6-14(13)22-8-10-23-11-9-22/h3-6,12H,2,7-11H2,1H3,(H2,17,19,20,21). The van der Waals surface area contributed by atoms with Crippen LogP contribution in [0.25, 0.3) is 0 Å². The molecule has 7 heteroatoms. The first kappa shape index (κ1) is 15.5. The molecule has 3 rings (SSSR count). The summed E-state index contributed by atoms with van der Waals surface area (Å²) >= 11 is 0. The van der Waals surface area contributed by atoms with Crippen molar-refractivity contribution in [2.24, 2.45) is 0 Å². The van der Waals surface area contributed by atoms with Crippen LogP contribution in [0.1, 0.15) is 13.3 Å². The second-order valence-corrected chi connectivity index (χ2v) is 5.33. The van der Waals surface area contributed by atoms with Gasteiger partial charge in [-0.25, -0.2) is 0 Å². The van der Waals surface area contributed by atoms with Gasteiger partial charge in [-0.1, -0.05) is 19.1 Å². The van der Waals surface area contributed by atoms with Crippen LogP contribution in [0.3, 0.4) is 0 Å². The fourth-order valence-corrected chi connectivity index (χ4v) is 2.47. The first-order chi connectivity index (χ1) is 11.4. The number of nitrogens with zero attached hydrogens (tertiary/aromatic N) is 4. The van der Waals surface area contributed by atoms with Gasteiger partial charge < -0.3 is 20.3 Å². The van der Waals surface area contributed by atoms with Crippen molar-refractivity contribution in [2.45, 2.75) is 13.3 Å². The number of ether oxygens (including phenoxy) is 1. The van der Waals surface area contributed by atoms with E-state index < -0.39 is 0 Å². The highest BCUT2D eigenvalue weighted by atomic mass is 16.5. The lowest BCUT2D eigenvalue weighted by atomic mass is 10.2. The predicted molar refractivity (Wildman–Crippen MR) is 91.4 cm³/mol. The van der Waals surface area contributed by atoms with Crippen LogP contribution in [-0.4, -0.2) is 48.0 Å². The van der Waals surface area contributed by atoms with Crippen LogP contribution >= 0.6 is 0 Å². The van der Waals surface area contributed by atoms with Gasteiger partial charge in [0.25, 0.3) is 0 Å². The lowest BCUT2D eigenvalue weighted by molar-refractivity contribution is 0.123. The lowest BCUT2D eigenvalue weighted by Gasteiger charge is -2.30. The first-order valence-corrected chi connectivity index (χ1v) is 7.99. The third-order valence-corrected chi connectivity index (χ3v) is 3.62. The summed E-state index contributed by atoms with van der Waals surface area (Å²) in [5.74, 6) is 1.22. The molecule has 1 aliphatic heterocycles. The Morgan fingerprint density at radius 1 is 1.22 bits per heavy atom. The van der Waals surface area contributed by atoms with E-state index in [1.54, 1.807) is 6.20 Å². The zero-order chi connectivity index (χ0) is 15.9. The number of morpholine rings is 1. The van der Waals surface area contributed by atoms with Crippen LogP contribution < -0.4 is 15.5 Å². The summed E-state index contributed by atoms with van der Waals surface area (Å²) in [5.41, 5.74) is 2.11. The van der Waals surface area contributed by atoms with E-state index in [2.05, 4.69) is 43.7 Å². The number of para-hydroxylation sites is 2. The summed E-state index contributed by atoms with van der Waals surface area (Å²) in [4.78, 5) is 6.76. The summed E-state index contributed by atoms with van der Waals surface area (Å²) in [5, 5.41) is 14.6. The van der Waals surface area contributed by atoms with Gasteiger partial charge in [-0.05, 0) is 18.6 Å². The van der Waals surface area contributed by atoms with Crippen molar-refractivity contribution in [3.05, 3.63) is 30.5 Å². The number of nitrogens with one attached hydrogen (secondary N) is 2. The molecule has 7 nitrogen and oxygen atoms in total. The summed E-state index contributed by atoms with van der Waals surface area (Å²) < 4.78 is 5.43. The Kier molecular flexibility index (Phi) is 5.21. The SMILES string of the molecule is CCCNc1cnnc(Nc2ccccc2N2CCOCC2)n1. The highest BCUT2D eigenvalue weighted by molar-refractivity contribution is 5.73. The number of hydrogen-bond donors (Lipinski definition) is 2. The third-order valence-electron chi connectivity index (χ3n) is 3.62. The molecule has 0 saturated carbocycles. The maximum absolute atomic E-state index is 5.43.